The molecule has 2 aromatic heterocycles. The van der Waals surface area contributed by atoms with E-state index in [-0.39, 0.29) is 0 Å². The lowest BCUT2D eigenvalue weighted by Crippen LogP contribution is -2.01. The summed E-state index contributed by atoms with van der Waals surface area (Å²) in [6, 6.07) is 6.05. The van der Waals surface area contributed by atoms with E-state index in [1.807, 2.05) is 45.9 Å². The van der Waals surface area contributed by atoms with E-state index in [4.69, 9.17) is 13.8 Å². The first-order valence-corrected chi connectivity index (χ1v) is 9.00. The lowest BCUT2D eigenvalue weighted by Gasteiger charge is -2.13. The van der Waals surface area contributed by atoms with E-state index in [9.17, 15) is 0 Å². The first kappa shape index (κ1) is 18.2. The predicted molar refractivity (Wildman–Crippen MR) is 98.2 cm³/mol. The summed E-state index contributed by atoms with van der Waals surface area (Å²) in [7, 11) is 0. The van der Waals surface area contributed by atoms with Gasteiger partial charge in [0.2, 0.25) is 0 Å². The number of hydrogen-bond acceptors (Lipinski definition) is 6. The Bertz CT molecular complexity index is 844. The van der Waals surface area contributed by atoms with Crippen LogP contribution in [-0.2, 0) is 6.42 Å². The maximum absolute atomic E-state index is 6.02. The number of rotatable bonds is 8. The molecule has 0 amide bonds. The van der Waals surface area contributed by atoms with Gasteiger partial charge in [0, 0.05) is 18.1 Å². The minimum atomic E-state index is 0.544. The lowest BCUT2D eigenvalue weighted by molar-refractivity contribution is 0.299. The van der Waals surface area contributed by atoms with E-state index in [2.05, 4.69) is 15.3 Å². The molecule has 0 radical (unpaired) electrons. The van der Waals surface area contributed by atoms with Crippen LogP contribution in [0.15, 0.2) is 27.2 Å². The molecule has 138 valence electrons. The van der Waals surface area contributed by atoms with E-state index in [0.29, 0.717) is 18.3 Å². The van der Waals surface area contributed by atoms with Gasteiger partial charge in [-0.2, -0.15) is 4.98 Å². The molecule has 0 fully saturated rings. The first-order valence-electron chi connectivity index (χ1n) is 9.00. The maximum atomic E-state index is 6.02. The lowest BCUT2D eigenvalue weighted by atomic mass is 10.1. The highest BCUT2D eigenvalue weighted by atomic mass is 16.5. The molecule has 0 unspecified atom stereocenters. The summed E-state index contributed by atoms with van der Waals surface area (Å²) < 4.78 is 16.5. The van der Waals surface area contributed by atoms with Crippen LogP contribution in [0.3, 0.4) is 0 Å². The molecule has 0 saturated carbocycles. The summed E-state index contributed by atoms with van der Waals surface area (Å²) in [5, 5.41) is 7.75. The molecule has 6 nitrogen and oxygen atoms in total. The number of ether oxygens (including phenoxy) is 1. The second kappa shape index (κ2) is 8.17. The fourth-order valence-corrected chi connectivity index (χ4v) is 3.00. The Kier molecular flexibility index (Phi) is 5.71. The van der Waals surface area contributed by atoms with Crippen LogP contribution in [0.4, 0.5) is 0 Å². The van der Waals surface area contributed by atoms with Crippen molar-refractivity contribution >= 4 is 0 Å². The van der Waals surface area contributed by atoms with Gasteiger partial charge in [0.15, 0.2) is 5.82 Å². The average molecular weight is 355 g/mol. The van der Waals surface area contributed by atoms with Crippen LogP contribution < -0.4 is 4.74 Å². The molecule has 0 aliphatic carbocycles. The molecule has 1 aromatic carbocycles. The highest BCUT2D eigenvalue weighted by Crippen LogP contribution is 2.29. The standard InChI is InChI=1S/C20H25N3O3/c1-13-10-17(20-21-16(4)23-26-20)11-14(2)19(13)24-9-7-5-6-8-18-12-15(3)22-25-18/h10-12H,5-9H2,1-4H3. The van der Waals surface area contributed by atoms with Crippen LogP contribution in [0.2, 0.25) is 0 Å². The number of aromatic nitrogens is 3. The molecule has 0 spiro atoms. The zero-order valence-corrected chi connectivity index (χ0v) is 15.8. The molecule has 26 heavy (non-hydrogen) atoms. The van der Waals surface area contributed by atoms with Gasteiger partial charge in [-0.15, -0.1) is 0 Å². The van der Waals surface area contributed by atoms with Gasteiger partial charge in [0.25, 0.3) is 5.89 Å². The number of hydrogen-bond donors (Lipinski definition) is 0. The second-order valence-corrected chi connectivity index (χ2v) is 6.68. The van der Waals surface area contributed by atoms with Crippen LogP contribution in [0.25, 0.3) is 11.5 Å². The molecule has 6 heteroatoms. The van der Waals surface area contributed by atoms with Gasteiger partial charge in [0.05, 0.1) is 12.3 Å². The molecule has 0 atom stereocenters. The smallest absolute Gasteiger partial charge is 0.257 e. The van der Waals surface area contributed by atoms with E-state index in [0.717, 1.165) is 59.6 Å². The minimum Gasteiger partial charge on any atom is -0.493 e. The van der Waals surface area contributed by atoms with Crippen LogP contribution >= 0.6 is 0 Å². The highest BCUT2D eigenvalue weighted by Gasteiger charge is 2.12. The summed E-state index contributed by atoms with van der Waals surface area (Å²) in [5.41, 5.74) is 4.02. The van der Waals surface area contributed by atoms with Crippen molar-refractivity contribution in [2.45, 2.75) is 53.4 Å². The molecular formula is C20H25N3O3. The zero-order chi connectivity index (χ0) is 18.5. The fourth-order valence-electron chi connectivity index (χ4n) is 3.00. The zero-order valence-electron chi connectivity index (χ0n) is 15.8. The van der Waals surface area contributed by atoms with Gasteiger partial charge in [-0.05, 0) is 70.2 Å². The van der Waals surface area contributed by atoms with Crippen LogP contribution in [0, 0.1) is 27.7 Å². The predicted octanol–water partition coefficient (Wildman–Crippen LogP) is 4.75. The van der Waals surface area contributed by atoms with Crippen molar-refractivity contribution in [3.63, 3.8) is 0 Å². The Morgan fingerprint density at radius 1 is 0.885 bits per heavy atom. The van der Waals surface area contributed by atoms with Gasteiger partial charge in [-0.1, -0.05) is 10.3 Å². The summed E-state index contributed by atoms with van der Waals surface area (Å²) in [4.78, 5) is 4.28. The molecule has 0 saturated heterocycles. The number of nitrogens with zero attached hydrogens (tertiary/aromatic N) is 3. The van der Waals surface area contributed by atoms with E-state index in [1.165, 1.54) is 0 Å². The largest absolute Gasteiger partial charge is 0.493 e. The maximum Gasteiger partial charge on any atom is 0.257 e. The number of aryl methyl sites for hydroxylation is 5. The summed E-state index contributed by atoms with van der Waals surface area (Å²) >= 11 is 0. The normalized spacial score (nSPS) is 11.1. The Balaban J connectivity index is 1.48. The Morgan fingerprint density at radius 3 is 2.27 bits per heavy atom. The molecule has 2 heterocycles. The molecule has 0 bridgehead atoms. The molecule has 0 aliphatic heterocycles. The van der Waals surface area contributed by atoms with E-state index < -0.39 is 0 Å². The van der Waals surface area contributed by atoms with Crippen LogP contribution in [0.1, 0.15) is 47.7 Å². The summed E-state index contributed by atoms with van der Waals surface area (Å²) in [6.07, 6.45) is 4.11. The third kappa shape index (κ3) is 4.50. The Hall–Kier alpha value is -2.63. The SMILES string of the molecule is Cc1cc(CCCCCOc2c(C)cc(-c3nc(C)no3)cc2C)on1. The Morgan fingerprint density at radius 2 is 1.65 bits per heavy atom. The third-order valence-electron chi connectivity index (χ3n) is 4.23. The van der Waals surface area contributed by atoms with Crippen molar-refractivity contribution in [1.29, 1.82) is 0 Å². The van der Waals surface area contributed by atoms with Crippen molar-refractivity contribution in [2.75, 3.05) is 6.61 Å². The van der Waals surface area contributed by atoms with Gasteiger partial charge in [-0.3, -0.25) is 0 Å². The molecule has 0 aliphatic rings. The summed E-state index contributed by atoms with van der Waals surface area (Å²) in [6.45, 7) is 8.54. The molecule has 3 rings (SSSR count). The number of unbranched alkanes of at least 4 members (excludes halogenated alkanes) is 2. The average Bonchev–Trinajstić information content (AvgIpc) is 3.21. The molecular weight excluding hydrogens is 330 g/mol. The van der Waals surface area contributed by atoms with E-state index >= 15 is 0 Å². The van der Waals surface area contributed by atoms with Crippen LogP contribution in [0.5, 0.6) is 5.75 Å². The first-order chi connectivity index (χ1) is 12.5. The number of benzene rings is 1. The quantitative estimate of drug-likeness (QED) is 0.543. The summed E-state index contributed by atoms with van der Waals surface area (Å²) in [5.74, 6) is 3.08. The van der Waals surface area contributed by atoms with Crippen molar-refractivity contribution in [1.82, 2.24) is 15.3 Å². The minimum absolute atomic E-state index is 0.544. The molecule has 0 N–H and O–H groups in total. The fraction of sp³-hybridized carbons (Fsp3) is 0.450. The van der Waals surface area contributed by atoms with Crippen molar-refractivity contribution < 1.29 is 13.8 Å². The van der Waals surface area contributed by atoms with E-state index in [1.54, 1.807) is 0 Å². The highest BCUT2D eigenvalue weighted by molar-refractivity contribution is 5.60. The molecule has 3 aromatic rings. The van der Waals surface area contributed by atoms with Crippen LogP contribution in [-0.4, -0.2) is 21.9 Å². The van der Waals surface area contributed by atoms with Gasteiger partial charge >= 0.3 is 0 Å². The monoisotopic (exact) mass is 355 g/mol. The van der Waals surface area contributed by atoms with Gasteiger partial charge in [-0.25, -0.2) is 0 Å². The third-order valence-corrected chi connectivity index (χ3v) is 4.23. The van der Waals surface area contributed by atoms with Gasteiger partial charge < -0.3 is 13.8 Å². The van der Waals surface area contributed by atoms with Crippen molar-refractivity contribution in [2.24, 2.45) is 0 Å². The second-order valence-electron chi connectivity index (χ2n) is 6.68. The Labute approximate surface area is 153 Å². The topological polar surface area (TPSA) is 74.2 Å². The van der Waals surface area contributed by atoms with Crippen molar-refractivity contribution in [3.8, 4) is 17.2 Å². The van der Waals surface area contributed by atoms with Gasteiger partial charge in [0.1, 0.15) is 11.5 Å². The van der Waals surface area contributed by atoms with Crippen molar-refractivity contribution in [3.05, 3.63) is 46.6 Å².